The fraction of sp³-hybridized carbons (Fsp3) is 0.0526. The van der Waals surface area contributed by atoms with Gasteiger partial charge >= 0.3 is 5.97 Å². The molecule has 0 saturated carbocycles. The number of nitriles is 1. The quantitative estimate of drug-likeness (QED) is 0.552. The number of hydrogen-bond donors (Lipinski definition) is 2. The van der Waals surface area contributed by atoms with E-state index in [1.165, 1.54) is 60.3 Å². The summed E-state index contributed by atoms with van der Waals surface area (Å²) in [7, 11) is -2.74. The highest BCUT2D eigenvalue weighted by atomic mass is 35.5. The highest BCUT2D eigenvalue weighted by Crippen LogP contribution is 2.27. The molecule has 0 amide bonds. The summed E-state index contributed by atoms with van der Waals surface area (Å²) in [5, 5.41) is 9.75. The number of nitrogen functional groups attached to an aromatic ring is 1. The van der Waals surface area contributed by atoms with Gasteiger partial charge in [-0.3, -0.25) is 4.72 Å². The monoisotopic (exact) mass is 464 g/mol. The number of sulfonamides is 1. The van der Waals surface area contributed by atoms with Gasteiger partial charge in [-0.15, -0.1) is 0 Å². The fourth-order valence-corrected chi connectivity index (χ4v) is 4.30. The van der Waals surface area contributed by atoms with Crippen molar-refractivity contribution < 1.29 is 17.9 Å². The first-order valence-corrected chi connectivity index (χ1v) is 10.5. The van der Waals surface area contributed by atoms with E-state index < -0.39 is 16.0 Å². The van der Waals surface area contributed by atoms with E-state index in [0.29, 0.717) is 5.69 Å². The molecule has 0 atom stereocenters. The standard InChI is InChI=1S/C19H14Cl2N4O4S/c1-29-19(26)18-17(23)11(9-22)10-25(18)15-2-4-16(5-3-15)30(27,28)24-14-7-12(20)6-13(21)8-14/h2-8,10,24H,23H2,1H3. The van der Waals surface area contributed by atoms with Crippen LogP contribution in [0.3, 0.4) is 0 Å². The van der Waals surface area contributed by atoms with Gasteiger partial charge in [-0.25, -0.2) is 13.2 Å². The average molecular weight is 465 g/mol. The van der Waals surface area contributed by atoms with Gasteiger partial charge in [0, 0.05) is 21.9 Å². The summed E-state index contributed by atoms with van der Waals surface area (Å²) in [5.41, 5.74) is 6.52. The number of halogens is 2. The van der Waals surface area contributed by atoms with Crippen molar-refractivity contribution >= 4 is 50.6 Å². The molecule has 2 aromatic carbocycles. The highest BCUT2D eigenvalue weighted by molar-refractivity contribution is 7.92. The van der Waals surface area contributed by atoms with Crippen molar-refractivity contribution in [3.05, 3.63) is 70.0 Å². The molecule has 0 bridgehead atoms. The molecule has 0 aliphatic heterocycles. The lowest BCUT2D eigenvalue weighted by Crippen LogP contribution is -2.14. The molecule has 8 nitrogen and oxygen atoms in total. The van der Waals surface area contributed by atoms with E-state index in [0.717, 1.165) is 0 Å². The van der Waals surface area contributed by atoms with Crippen LogP contribution in [0.15, 0.2) is 53.6 Å². The first kappa shape index (κ1) is 21.5. The largest absolute Gasteiger partial charge is 0.464 e. The van der Waals surface area contributed by atoms with Crippen LogP contribution in [0.1, 0.15) is 16.1 Å². The average Bonchev–Trinajstić information content (AvgIpc) is 3.02. The molecule has 0 saturated heterocycles. The van der Waals surface area contributed by atoms with Gasteiger partial charge in [0.2, 0.25) is 0 Å². The van der Waals surface area contributed by atoms with Gasteiger partial charge in [0.05, 0.1) is 28.9 Å². The second-order valence-electron chi connectivity index (χ2n) is 6.04. The van der Waals surface area contributed by atoms with Crippen LogP contribution in [0.5, 0.6) is 0 Å². The zero-order chi connectivity index (χ0) is 22.1. The fourth-order valence-electron chi connectivity index (χ4n) is 2.73. The molecule has 11 heteroatoms. The lowest BCUT2D eigenvalue weighted by molar-refractivity contribution is 0.0593. The number of carbonyl (C=O) groups excluding carboxylic acids is 1. The molecule has 3 rings (SSSR count). The van der Waals surface area contributed by atoms with Crippen LogP contribution in [0.4, 0.5) is 11.4 Å². The summed E-state index contributed by atoms with van der Waals surface area (Å²) in [4.78, 5) is 12.0. The van der Waals surface area contributed by atoms with E-state index in [1.807, 2.05) is 6.07 Å². The van der Waals surface area contributed by atoms with Crippen molar-refractivity contribution in [2.24, 2.45) is 0 Å². The van der Waals surface area contributed by atoms with Crippen LogP contribution in [0.2, 0.25) is 10.0 Å². The van der Waals surface area contributed by atoms with Crippen LogP contribution in [-0.4, -0.2) is 26.1 Å². The van der Waals surface area contributed by atoms with Gasteiger partial charge in [-0.1, -0.05) is 23.2 Å². The maximum Gasteiger partial charge on any atom is 0.357 e. The third kappa shape index (κ3) is 4.21. The summed E-state index contributed by atoms with van der Waals surface area (Å²) in [5.74, 6) is -0.731. The third-order valence-corrected chi connectivity index (χ3v) is 5.92. The Bertz CT molecular complexity index is 1260. The van der Waals surface area contributed by atoms with Crippen LogP contribution in [-0.2, 0) is 14.8 Å². The van der Waals surface area contributed by atoms with Gasteiger partial charge in [-0.2, -0.15) is 5.26 Å². The number of nitrogens with one attached hydrogen (secondary N) is 1. The number of esters is 1. The number of nitrogens with two attached hydrogens (primary N) is 1. The summed E-state index contributed by atoms with van der Waals surface area (Å²) in [6.45, 7) is 0. The Morgan fingerprint density at radius 1 is 1.17 bits per heavy atom. The molecule has 1 aromatic heterocycles. The van der Waals surface area contributed by atoms with Crippen LogP contribution < -0.4 is 10.5 Å². The molecule has 154 valence electrons. The Labute approximate surface area is 182 Å². The molecule has 0 aliphatic rings. The van der Waals surface area contributed by atoms with E-state index in [1.54, 1.807) is 0 Å². The number of aromatic nitrogens is 1. The molecule has 0 spiro atoms. The number of anilines is 2. The number of nitrogens with zero attached hydrogens (tertiary/aromatic N) is 2. The van der Waals surface area contributed by atoms with Crippen LogP contribution in [0.25, 0.3) is 5.69 Å². The Balaban J connectivity index is 1.97. The Morgan fingerprint density at radius 2 is 1.77 bits per heavy atom. The molecule has 0 aliphatic carbocycles. The molecular formula is C19H14Cl2N4O4S. The number of hydrogen-bond acceptors (Lipinski definition) is 6. The maximum atomic E-state index is 12.7. The first-order chi connectivity index (χ1) is 14.2. The van der Waals surface area contributed by atoms with Gasteiger partial charge in [0.15, 0.2) is 5.69 Å². The summed E-state index contributed by atoms with van der Waals surface area (Å²) < 4.78 is 33.8. The lowest BCUT2D eigenvalue weighted by Gasteiger charge is -2.11. The zero-order valence-electron chi connectivity index (χ0n) is 15.4. The van der Waals surface area contributed by atoms with Crippen molar-refractivity contribution in [3.8, 4) is 11.8 Å². The van der Waals surface area contributed by atoms with E-state index >= 15 is 0 Å². The lowest BCUT2D eigenvalue weighted by atomic mass is 10.2. The number of rotatable bonds is 5. The van der Waals surface area contributed by atoms with E-state index in [4.69, 9.17) is 33.7 Å². The number of carbonyl (C=O) groups is 1. The number of benzene rings is 2. The van der Waals surface area contributed by atoms with Crippen molar-refractivity contribution in [2.75, 3.05) is 17.6 Å². The predicted molar refractivity (Wildman–Crippen MR) is 114 cm³/mol. The van der Waals surface area contributed by atoms with Crippen molar-refractivity contribution in [1.82, 2.24) is 4.57 Å². The molecule has 1 heterocycles. The van der Waals surface area contributed by atoms with E-state index in [9.17, 15) is 18.5 Å². The van der Waals surface area contributed by atoms with Gasteiger partial charge in [0.1, 0.15) is 6.07 Å². The first-order valence-electron chi connectivity index (χ1n) is 8.25. The summed E-state index contributed by atoms with van der Waals surface area (Å²) >= 11 is 11.8. The molecule has 3 N–H and O–H groups in total. The van der Waals surface area contributed by atoms with Crippen molar-refractivity contribution in [1.29, 1.82) is 5.26 Å². The minimum atomic E-state index is -3.93. The van der Waals surface area contributed by atoms with Crippen molar-refractivity contribution in [3.63, 3.8) is 0 Å². The summed E-state index contributed by atoms with van der Waals surface area (Å²) in [6, 6.07) is 11.8. The highest BCUT2D eigenvalue weighted by Gasteiger charge is 2.22. The van der Waals surface area contributed by atoms with Crippen LogP contribution in [0, 0.1) is 11.3 Å². The second kappa shape index (κ2) is 8.28. The molecular weight excluding hydrogens is 451 g/mol. The molecule has 3 aromatic rings. The normalized spacial score (nSPS) is 11.0. The Kier molecular flexibility index (Phi) is 5.94. The molecule has 0 radical (unpaired) electrons. The second-order valence-corrected chi connectivity index (χ2v) is 8.59. The zero-order valence-corrected chi connectivity index (χ0v) is 17.7. The van der Waals surface area contributed by atoms with Crippen molar-refractivity contribution in [2.45, 2.75) is 4.90 Å². The molecule has 30 heavy (non-hydrogen) atoms. The molecule has 0 fully saturated rings. The minimum absolute atomic E-state index is 0.0273. The topological polar surface area (TPSA) is 127 Å². The molecule has 0 unspecified atom stereocenters. The number of methoxy groups -OCH3 is 1. The van der Waals surface area contributed by atoms with E-state index in [2.05, 4.69) is 4.72 Å². The Morgan fingerprint density at radius 3 is 2.30 bits per heavy atom. The minimum Gasteiger partial charge on any atom is -0.464 e. The number of ether oxygens (including phenoxy) is 1. The summed E-state index contributed by atoms with van der Waals surface area (Å²) in [6.07, 6.45) is 1.37. The predicted octanol–water partition coefficient (Wildman–Crippen LogP) is 3.83. The maximum absolute atomic E-state index is 12.7. The van der Waals surface area contributed by atoms with E-state index in [-0.39, 0.29) is 37.6 Å². The van der Waals surface area contributed by atoms with Gasteiger partial charge in [0.25, 0.3) is 10.0 Å². The Hall–Kier alpha value is -3.19. The van der Waals surface area contributed by atoms with Crippen LogP contribution >= 0.6 is 23.2 Å². The third-order valence-electron chi connectivity index (χ3n) is 4.08. The van der Waals surface area contributed by atoms with Gasteiger partial charge < -0.3 is 15.0 Å². The smallest absolute Gasteiger partial charge is 0.357 e. The van der Waals surface area contributed by atoms with Gasteiger partial charge in [-0.05, 0) is 42.5 Å². The SMILES string of the molecule is COC(=O)c1c(N)c(C#N)cn1-c1ccc(S(=O)(=O)Nc2cc(Cl)cc(Cl)c2)cc1.